The minimum Gasteiger partial charge on any atom is -0.418 e. The van der Waals surface area contributed by atoms with E-state index in [1.807, 2.05) is 60.7 Å². The maximum atomic E-state index is 14.0. The summed E-state index contributed by atoms with van der Waals surface area (Å²) >= 11 is 0. The Balaban J connectivity index is 1.72. The largest absolute Gasteiger partial charge is 0.418 e. The van der Waals surface area contributed by atoms with Crippen molar-refractivity contribution in [3.05, 3.63) is 102 Å². The van der Waals surface area contributed by atoms with Gasteiger partial charge in [0.1, 0.15) is 11.9 Å². The maximum Gasteiger partial charge on any atom is 0.250 e. The van der Waals surface area contributed by atoms with Gasteiger partial charge in [-0.05, 0) is 29.8 Å². The molecule has 4 aromatic rings. The van der Waals surface area contributed by atoms with Crippen LogP contribution in [0.1, 0.15) is 17.5 Å². The summed E-state index contributed by atoms with van der Waals surface area (Å²) in [5.41, 5.74) is 2.19. The van der Waals surface area contributed by atoms with E-state index in [9.17, 15) is 4.39 Å². The highest BCUT2D eigenvalue weighted by Gasteiger charge is 2.22. The topological polar surface area (TPSA) is 51.0 Å². The van der Waals surface area contributed by atoms with Crippen LogP contribution in [-0.4, -0.2) is 10.2 Å². The number of nitrogens with one attached hydrogen (secondary N) is 1. The lowest BCUT2D eigenvalue weighted by molar-refractivity contribution is 0.490. The summed E-state index contributed by atoms with van der Waals surface area (Å²) in [6.45, 7) is 0. The molecule has 1 unspecified atom stereocenters. The van der Waals surface area contributed by atoms with E-state index in [1.165, 1.54) is 6.07 Å². The van der Waals surface area contributed by atoms with Gasteiger partial charge < -0.3 is 9.73 Å². The molecule has 0 spiro atoms. The third kappa shape index (κ3) is 3.32. The Labute approximate surface area is 150 Å². The van der Waals surface area contributed by atoms with Crippen molar-refractivity contribution in [3.63, 3.8) is 0 Å². The first-order chi connectivity index (χ1) is 12.8. The number of benzene rings is 3. The van der Waals surface area contributed by atoms with Crippen LogP contribution in [0.15, 0.2) is 89.3 Å². The standard InChI is InChI=1S/C21H16FN3O/c22-18-14-8-7-13-17(18)20-24-25-21(26-20)19(15-9-3-1-4-10-15)23-16-11-5-2-6-12-16/h1-14,19,23H. The molecule has 0 aliphatic carbocycles. The summed E-state index contributed by atoms with van der Waals surface area (Å²) in [6, 6.07) is 25.6. The first kappa shape index (κ1) is 16.0. The maximum absolute atomic E-state index is 14.0. The van der Waals surface area contributed by atoms with Gasteiger partial charge in [0.2, 0.25) is 5.89 Å². The molecule has 0 saturated carbocycles. The van der Waals surface area contributed by atoms with Crippen molar-refractivity contribution in [2.75, 3.05) is 5.32 Å². The van der Waals surface area contributed by atoms with Gasteiger partial charge in [-0.1, -0.05) is 60.7 Å². The first-order valence-electron chi connectivity index (χ1n) is 8.26. The molecule has 0 amide bonds. The molecule has 0 bridgehead atoms. The second kappa shape index (κ2) is 7.19. The molecular formula is C21H16FN3O. The van der Waals surface area contributed by atoms with Gasteiger partial charge in [-0.15, -0.1) is 10.2 Å². The van der Waals surface area contributed by atoms with Crippen molar-refractivity contribution in [3.8, 4) is 11.5 Å². The SMILES string of the molecule is Fc1ccccc1-c1nnc(C(Nc2ccccc2)c2ccccc2)o1. The van der Waals surface area contributed by atoms with Crippen LogP contribution in [0.25, 0.3) is 11.5 Å². The smallest absolute Gasteiger partial charge is 0.250 e. The molecule has 0 fully saturated rings. The summed E-state index contributed by atoms with van der Waals surface area (Å²) < 4.78 is 19.8. The molecule has 128 valence electrons. The zero-order valence-electron chi connectivity index (χ0n) is 13.8. The Morgan fingerprint density at radius 1 is 0.769 bits per heavy atom. The average molecular weight is 345 g/mol. The minimum atomic E-state index is -0.394. The molecule has 4 nitrogen and oxygen atoms in total. The van der Waals surface area contributed by atoms with Crippen molar-refractivity contribution in [1.82, 2.24) is 10.2 Å². The van der Waals surface area contributed by atoms with E-state index < -0.39 is 5.82 Å². The highest BCUT2D eigenvalue weighted by Crippen LogP contribution is 2.29. The van der Waals surface area contributed by atoms with E-state index in [2.05, 4.69) is 15.5 Å². The zero-order chi connectivity index (χ0) is 17.8. The number of hydrogen-bond donors (Lipinski definition) is 1. The fourth-order valence-electron chi connectivity index (χ4n) is 2.73. The van der Waals surface area contributed by atoms with Crippen LogP contribution in [0, 0.1) is 5.82 Å². The van der Waals surface area contributed by atoms with Gasteiger partial charge in [-0.25, -0.2) is 4.39 Å². The quantitative estimate of drug-likeness (QED) is 0.548. The van der Waals surface area contributed by atoms with E-state index in [1.54, 1.807) is 18.2 Å². The molecule has 1 heterocycles. The number of nitrogens with zero attached hydrogens (tertiary/aromatic N) is 2. The van der Waals surface area contributed by atoms with Crippen molar-refractivity contribution in [2.24, 2.45) is 0 Å². The van der Waals surface area contributed by atoms with E-state index in [0.717, 1.165) is 11.3 Å². The molecule has 1 atom stereocenters. The van der Waals surface area contributed by atoms with E-state index >= 15 is 0 Å². The number of para-hydroxylation sites is 1. The molecule has 1 N–H and O–H groups in total. The summed E-state index contributed by atoms with van der Waals surface area (Å²) in [5, 5.41) is 11.6. The first-order valence-corrected chi connectivity index (χ1v) is 8.26. The number of aromatic nitrogens is 2. The van der Waals surface area contributed by atoms with Crippen LogP contribution >= 0.6 is 0 Å². The van der Waals surface area contributed by atoms with Crippen LogP contribution < -0.4 is 5.32 Å². The Hall–Kier alpha value is -3.47. The van der Waals surface area contributed by atoms with Gasteiger partial charge in [0, 0.05) is 5.69 Å². The molecule has 26 heavy (non-hydrogen) atoms. The molecule has 0 aliphatic rings. The van der Waals surface area contributed by atoms with Crippen LogP contribution in [-0.2, 0) is 0 Å². The number of halogens is 1. The van der Waals surface area contributed by atoms with Crippen molar-refractivity contribution >= 4 is 5.69 Å². The van der Waals surface area contributed by atoms with Crippen molar-refractivity contribution < 1.29 is 8.81 Å². The molecule has 5 heteroatoms. The van der Waals surface area contributed by atoms with Gasteiger partial charge in [0.25, 0.3) is 5.89 Å². The monoisotopic (exact) mass is 345 g/mol. The van der Waals surface area contributed by atoms with Crippen molar-refractivity contribution in [1.29, 1.82) is 0 Å². The minimum absolute atomic E-state index is 0.161. The molecule has 0 aliphatic heterocycles. The molecule has 1 aromatic heterocycles. The second-order valence-electron chi connectivity index (χ2n) is 5.78. The van der Waals surface area contributed by atoms with Crippen LogP contribution in [0.2, 0.25) is 0 Å². The fourth-order valence-corrected chi connectivity index (χ4v) is 2.73. The summed E-state index contributed by atoms with van der Waals surface area (Å²) in [7, 11) is 0. The van der Waals surface area contributed by atoms with Gasteiger partial charge in [-0.2, -0.15) is 0 Å². The average Bonchev–Trinajstić information content (AvgIpc) is 3.17. The van der Waals surface area contributed by atoms with Crippen LogP contribution in [0.4, 0.5) is 10.1 Å². The molecule has 4 rings (SSSR count). The summed E-state index contributed by atoms with van der Waals surface area (Å²) in [5.74, 6) is 0.141. The third-order valence-corrected chi connectivity index (χ3v) is 4.01. The summed E-state index contributed by atoms with van der Waals surface area (Å²) in [6.07, 6.45) is 0. The Morgan fingerprint density at radius 3 is 2.15 bits per heavy atom. The van der Waals surface area contributed by atoms with Gasteiger partial charge in [0.05, 0.1) is 5.56 Å². The van der Waals surface area contributed by atoms with Crippen LogP contribution in [0.5, 0.6) is 0 Å². The van der Waals surface area contributed by atoms with Gasteiger partial charge in [-0.3, -0.25) is 0 Å². The third-order valence-electron chi connectivity index (χ3n) is 4.01. The van der Waals surface area contributed by atoms with Gasteiger partial charge >= 0.3 is 0 Å². The summed E-state index contributed by atoms with van der Waals surface area (Å²) in [4.78, 5) is 0. The second-order valence-corrected chi connectivity index (χ2v) is 5.78. The van der Waals surface area contributed by atoms with E-state index in [4.69, 9.17) is 4.42 Å². The number of hydrogen-bond acceptors (Lipinski definition) is 4. The fraction of sp³-hybridized carbons (Fsp3) is 0.0476. The predicted octanol–water partition coefficient (Wildman–Crippen LogP) is 5.08. The van der Waals surface area contributed by atoms with Crippen molar-refractivity contribution in [2.45, 2.75) is 6.04 Å². The lowest BCUT2D eigenvalue weighted by Crippen LogP contribution is -2.12. The molecule has 0 radical (unpaired) electrons. The van der Waals surface area contributed by atoms with E-state index in [0.29, 0.717) is 5.89 Å². The number of anilines is 1. The predicted molar refractivity (Wildman–Crippen MR) is 98.0 cm³/mol. The Kier molecular flexibility index (Phi) is 4.43. The highest BCUT2D eigenvalue weighted by molar-refractivity contribution is 5.53. The van der Waals surface area contributed by atoms with E-state index in [-0.39, 0.29) is 17.5 Å². The zero-order valence-corrected chi connectivity index (χ0v) is 13.8. The molecular weight excluding hydrogens is 329 g/mol. The Bertz CT molecular complexity index is 986. The number of rotatable bonds is 5. The Morgan fingerprint density at radius 2 is 1.42 bits per heavy atom. The lowest BCUT2D eigenvalue weighted by atomic mass is 10.1. The van der Waals surface area contributed by atoms with Gasteiger partial charge in [0.15, 0.2) is 0 Å². The van der Waals surface area contributed by atoms with Crippen LogP contribution in [0.3, 0.4) is 0 Å². The lowest BCUT2D eigenvalue weighted by Gasteiger charge is -2.16. The normalized spacial score (nSPS) is 11.9. The molecule has 0 saturated heterocycles. The highest BCUT2D eigenvalue weighted by atomic mass is 19.1. The molecule has 3 aromatic carbocycles.